The van der Waals surface area contributed by atoms with Gasteiger partial charge in [-0.2, -0.15) is 0 Å². The number of aliphatic imine (C=N–C) groups is 1. The van der Waals surface area contributed by atoms with Crippen molar-refractivity contribution < 1.29 is 29.6 Å². The molecular weight excluding hydrogens is 729 g/mol. The number of benzene rings is 2. The Morgan fingerprint density at radius 2 is 1.91 bits per heavy atom. The summed E-state index contributed by atoms with van der Waals surface area (Å²) in [6.45, 7) is 3.28. The van der Waals surface area contributed by atoms with Gasteiger partial charge in [0.2, 0.25) is 0 Å². The Balaban J connectivity index is 1.00. The van der Waals surface area contributed by atoms with Gasteiger partial charge in [-0.3, -0.25) is 15.1 Å². The molecule has 10 heteroatoms. The van der Waals surface area contributed by atoms with Crippen molar-refractivity contribution in [3.63, 3.8) is 0 Å². The van der Waals surface area contributed by atoms with Crippen molar-refractivity contribution >= 4 is 11.5 Å². The van der Waals surface area contributed by atoms with Gasteiger partial charge in [0.1, 0.15) is 18.0 Å². The van der Waals surface area contributed by atoms with Crippen LogP contribution in [0.4, 0.5) is 0 Å². The molecule has 2 aromatic rings. The molecule has 10 rings (SSSR count). The van der Waals surface area contributed by atoms with Crippen molar-refractivity contribution in [2.45, 2.75) is 101 Å². The molecule has 10 atom stereocenters. The number of ether oxygens (including phenoxy) is 2. The van der Waals surface area contributed by atoms with Gasteiger partial charge >= 0.3 is 0 Å². The van der Waals surface area contributed by atoms with Gasteiger partial charge in [-0.15, -0.1) is 0 Å². The van der Waals surface area contributed by atoms with E-state index in [9.17, 15) is 20.1 Å². The number of fused-ring (bicyclic) bond motifs is 6. The van der Waals surface area contributed by atoms with Gasteiger partial charge in [-0.1, -0.05) is 80.0 Å². The maximum atomic E-state index is 13.2. The quantitative estimate of drug-likeness (QED) is 0.194. The number of aryl methyl sites for hydroxylation is 1. The number of nitrogens with one attached hydrogen (secondary N) is 1. The fourth-order valence-electron chi connectivity index (χ4n) is 10.7. The normalized spacial score (nSPS) is 32.3. The standard InChI is InChI=1S/C48H50N4O6/c1-27-4-9-32(40(55)20-27)41(56)22-30(53)8-5-28-6-15-42-43(21-28)58-47-37(48(18-19-57-42)16-2-3-17-48)13-14-39(54)33-11-12-34-44-29(23-51-46(34)49)7-10-31(45(33)44)35-24-50-38-26-52(47)25-36(35)38/h4,6-7,9-12,15,21,24-25,27,29,31-32,37,39-41,46-47,51,54-56H,2-3,5,8,16-17,20,22-23,26,49H2,1H3/t27-,29+,31-,32-,37-,39-,40-,41+,46-,47-/m1/s1. The van der Waals surface area contributed by atoms with Gasteiger partial charge < -0.3 is 35.4 Å². The lowest BCUT2D eigenvalue weighted by Gasteiger charge is -2.39. The fraction of sp³-hybridized carbons (Fsp3) is 0.458. The van der Waals surface area contributed by atoms with Crippen molar-refractivity contribution in [3.05, 3.63) is 106 Å². The number of aliphatic hydroxyl groups excluding tert-OH is 3. The second kappa shape index (κ2) is 14.7. The number of aliphatic hydroxyl groups is 3. The van der Waals surface area contributed by atoms with Gasteiger partial charge in [0, 0.05) is 55.1 Å². The van der Waals surface area contributed by atoms with Crippen LogP contribution in [0.1, 0.15) is 104 Å². The van der Waals surface area contributed by atoms with Crippen LogP contribution >= 0.6 is 0 Å². The summed E-state index contributed by atoms with van der Waals surface area (Å²) in [4.78, 5) is 20.3. The minimum absolute atomic E-state index is 0.0180. The van der Waals surface area contributed by atoms with Crippen molar-refractivity contribution in [1.82, 2.24) is 10.2 Å². The van der Waals surface area contributed by atoms with E-state index in [0.717, 1.165) is 71.3 Å². The summed E-state index contributed by atoms with van der Waals surface area (Å²) in [7, 11) is 0. The molecule has 0 saturated heterocycles. The molecule has 0 aromatic heterocycles. The van der Waals surface area contributed by atoms with E-state index in [1.807, 2.05) is 55.6 Å². The molecule has 5 aliphatic heterocycles. The minimum atomic E-state index is -1.06. The third-order valence-electron chi connectivity index (χ3n) is 13.8. The molecular formula is C48H50N4O6. The Kier molecular flexibility index (Phi) is 9.47. The summed E-state index contributed by atoms with van der Waals surface area (Å²) in [6.07, 6.45) is 16.9. The van der Waals surface area contributed by atoms with Crippen molar-refractivity contribution in [1.29, 1.82) is 0 Å². The molecule has 298 valence electrons. The molecule has 0 radical (unpaired) electrons. The highest BCUT2D eigenvalue weighted by molar-refractivity contribution is 6.10. The van der Waals surface area contributed by atoms with Gasteiger partial charge in [-0.25, -0.2) is 0 Å². The third-order valence-corrected chi connectivity index (χ3v) is 13.8. The summed E-state index contributed by atoms with van der Waals surface area (Å²) >= 11 is 0. The first kappa shape index (κ1) is 37.3. The second-order valence-corrected chi connectivity index (χ2v) is 17.5. The molecule has 8 aliphatic rings. The summed E-state index contributed by atoms with van der Waals surface area (Å²) in [6, 6.07) is 9.74. The van der Waals surface area contributed by atoms with Crippen LogP contribution in [0.15, 0.2) is 83.2 Å². The van der Waals surface area contributed by atoms with E-state index in [4.69, 9.17) is 20.2 Å². The smallest absolute Gasteiger partial charge is 0.187 e. The van der Waals surface area contributed by atoms with Gasteiger partial charge in [0.15, 0.2) is 17.7 Å². The Hall–Kier alpha value is -4.94. The van der Waals surface area contributed by atoms with Crippen molar-refractivity contribution in [2.75, 3.05) is 13.1 Å². The number of nitrogens with zero attached hydrogens (tertiary/aromatic N) is 2. The largest absolute Gasteiger partial charge is 0.465 e. The zero-order valence-corrected chi connectivity index (χ0v) is 32.7. The summed E-state index contributed by atoms with van der Waals surface area (Å²) in [5.41, 5.74) is 14.1. The highest BCUT2D eigenvalue weighted by Crippen LogP contribution is 2.51. The van der Waals surface area contributed by atoms with Crippen LogP contribution in [0, 0.1) is 47.0 Å². The van der Waals surface area contributed by atoms with Gasteiger partial charge in [-0.05, 0) is 77.1 Å². The number of ketones is 1. The Bertz CT molecular complexity index is 2330. The van der Waals surface area contributed by atoms with Crippen LogP contribution in [-0.4, -0.2) is 63.2 Å². The summed E-state index contributed by atoms with van der Waals surface area (Å²) in [5, 5.41) is 37.0. The molecule has 1 spiro atoms. The molecule has 3 aliphatic carbocycles. The van der Waals surface area contributed by atoms with E-state index in [1.165, 1.54) is 5.56 Å². The summed E-state index contributed by atoms with van der Waals surface area (Å²) in [5.74, 6) is 10.8. The molecule has 0 unspecified atom stereocenters. The second-order valence-electron chi connectivity index (χ2n) is 17.5. The molecule has 5 heterocycles. The van der Waals surface area contributed by atoms with E-state index in [1.54, 1.807) is 0 Å². The summed E-state index contributed by atoms with van der Waals surface area (Å²) < 4.78 is 13.3. The molecule has 6 N–H and O–H groups in total. The first-order valence-corrected chi connectivity index (χ1v) is 21.0. The van der Waals surface area contributed by atoms with E-state index >= 15 is 0 Å². The molecule has 2 bridgehead atoms. The minimum Gasteiger partial charge on any atom is -0.465 e. The predicted molar refractivity (Wildman–Crippen MR) is 219 cm³/mol. The number of hydrogen-bond acceptors (Lipinski definition) is 10. The number of hydrogen-bond donors (Lipinski definition) is 5. The van der Waals surface area contributed by atoms with Gasteiger partial charge in [0.25, 0.3) is 0 Å². The number of allylic oxidation sites excluding steroid dienone is 3. The fourth-order valence-corrected chi connectivity index (χ4v) is 10.7. The van der Waals surface area contributed by atoms with Crippen LogP contribution in [0.2, 0.25) is 0 Å². The lowest BCUT2D eigenvalue weighted by atomic mass is 9.71. The predicted octanol–water partition coefficient (Wildman–Crippen LogP) is 5.33. The maximum absolute atomic E-state index is 13.2. The lowest BCUT2D eigenvalue weighted by Crippen LogP contribution is -2.47. The first-order chi connectivity index (χ1) is 28.2. The average Bonchev–Trinajstić information content (AvgIpc) is 3.96. The molecule has 0 amide bonds. The van der Waals surface area contributed by atoms with E-state index < -0.39 is 41.8 Å². The Morgan fingerprint density at radius 3 is 2.76 bits per heavy atom. The zero-order valence-electron chi connectivity index (χ0n) is 32.7. The molecule has 1 fully saturated rings. The molecule has 58 heavy (non-hydrogen) atoms. The maximum Gasteiger partial charge on any atom is 0.187 e. The highest BCUT2D eigenvalue weighted by Gasteiger charge is 2.49. The average molecular weight is 779 g/mol. The monoisotopic (exact) mass is 778 g/mol. The van der Waals surface area contributed by atoms with Gasteiger partial charge in [0.05, 0.1) is 42.0 Å². The van der Waals surface area contributed by atoms with E-state index in [-0.39, 0.29) is 42.5 Å². The zero-order chi connectivity index (χ0) is 39.7. The van der Waals surface area contributed by atoms with Crippen LogP contribution in [-0.2, 0) is 11.2 Å². The van der Waals surface area contributed by atoms with E-state index in [2.05, 4.69) is 52.4 Å². The number of carbonyl (C=O) groups excluding carboxylic acids is 1. The highest BCUT2D eigenvalue weighted by atomic mass is 16.5. The number of carbonyl (C=O) groups is 1. The SMILES string of the molecule is C[C@@H]1C=C[C@@H]([C@@H](O)CC(=O)CCc2ccc3c(c2)O[C@@H]2[C@@H](C#C[C@@H](O)c4ccc5c6c4[C@H](C=C[C@H]6CN[C@H]5N)C4=CN=C5CN2C=C45)C2(C#CO3)CCCC2)[C@H](O)C1. The first-order valence-electron chi connectivity index (χ1n) is 21.0. The van der Waals surface area contributed by atoms with Crippen LogP contribution in [0.5, 0.6) is 11.5 Å². The topological polar surface area (TPSA) is 150 Å². The Labute approximate surface area is 339 Å². The number of rotatable bonds is 6. The van der Waals surface area contributed by atoms with Crippen molar-refractivity contribution in [2.24, 2.45) is 33.9 Å². The van der Waals surface area contributed by atoms with Crippen LogP contribution < -0.4 is 20.5 Å². The van der Waals surface area contributed by atoms with Crippen molar-refractivity contribution in [3.8, 4) is 35.4 Å². The Morgan fingerprint density at radius 1 is 1.07 bits per heavy atom. The lowest BCUT2D eigenvalue weighted by molar-refractivity contribution is -0.122. The van der Waals surface area contributed by atoms with Crippen LogP contribution in [0.25, 0.3) is 0 Å². The molecule has 10 nitrogen and oxygen atoms in total. The van der Waals surface area contributed by atoms with E-state index in [0.29, 0.717) is 30.9 Å². The number of nitrogens with two attached hydrogens (primary N) is 1. The molecule has 2 aromatic carbocycles. The third kappa shape index (κ3) is 6.43. The number of Topliss-reactive ketones (excluding diaryl/α,β-unsaturated/α-hetero) is 1. The van der Waals surface area contributed by atoms with Crippen LogP contribution in [0.3, 0.4) is 0 Å². The molecule has 1 saturated carbocycles.